The van der Waals surface area contributed by atoms with Crippen LogP contribution in [-0.4, -0.2) is 23.8 Å². The summed E-state index contributed by atoms with van der Waals surface area (Å²) in [5, 5.41) is 2.85. The van der Waals surface area contributed by atoms with E-state index in [1.807, 2.05) is 13.8 Å². The molecule has 3 rings (SSSR count). The molecular weight excluding hydrogens is 417 g/mol. The Labute approximate surface area is 185 Å². The maximum atomic E-state index is 13.1. The molecular formula is C23H28FN3O3S. The van der Waals surface area contributed by atoms with E-state index in [-0.39, 0.29) is 23.6 Å². The third kappa shape index (κ3) is 6.13. The highest BCUT2D eigenvalue weighted by Crippen LogP contribution is 2.28. The molecule has 0 aliphatic heterocycles. The Bertz CT molecular complexity index is 920. The van der Waals surface area contributed by atoms with Crippen LogP contribution in [0.15, 0.2) is 36.4 Å². The molecule has 2 aromatic rings. The predicted octanol–water partition coefficient (Wildman–Crippen LogP) is 4.04. The van der Waals surface area contributed by atoms with Gasteiger partial charge in [-0.3, -0.25) is 25.2 Å². The first-order valence-corrected chi connectivity index (χ1v) is 11.4. The summed E-state index contributed by atoms with van der Waals surface area (Å²) in [5.41, 5.74) is 5.66. The van der Waals surface area contributed by atoms with Crippen LogP contribution in [0, 0.1) is 17.7 Å². The molecule has 0 bridgehead atoms. The molecule has 0 spiro atoms. The van der Waals surface area contributed by atoms with Crippen molar-refractivity contribution in [1.82, 2.24) is 16.2 Å². The fourth-order valence-electron chi connectivity index (χ4n) is 3.66. The summed E-state index contributed by atoms with van der Waals surface area (Å²) in [6.45, 7) is 3.70. The molecule has 1 aliphatic rings. The van der Waals surface area contributed by atoms with Crippen molar-refractivity contribution in [2.24, 2.45) is 11.8 Å². The molecule has 0 radical (unpaired) electrons. The molecule has 1 fully saturated rings. The Morgan fingerprint density at radius 2 is 1.65 bits per heavy atom. The lowest BCUT2D eigenvalue weighted by atomic mass is 9.88. The van der Waals surface area contributed by atoms with Crippen LogP contribution in [0.1, 0.15) is 55.6 Å². The highest BCUT2D eigenvalue weighted by Gasteiger charge is 2.29. The second-order valence-electron chi connectivity index (χ2n) is 8.18. The zero-order valence-electron chi connectivity index (χ0n) is 17.7. The number of halogens is 1. The average Bonchev–Trinajstić information content (AvgIpc) is 3.26. The molecule has 1 unspecified atom stereocenters. The van der Waals surface area contributed by atoms with Gasteiger partial charge < -0.3 is 5.32 Å². The molecule has 31 heavy (non-hydrogen) atoms. The highest BCUT2D eigenvalue weighted by atomic mass is 32.1. The number of hydrazine groups is 1. The van der Waals surface area contributed by atoms with Gasteiger partial charge in [0, 0.05) is 10.8 Å². The van der Waals surface area contributed by atoms with Crippen LogP contribution < -0.4 is 16.2 Å². The second-order valence-corrected chi connectivity index (χ2v) is 9.26. The smallest absolute Gasteiger partial charge is 0.279 e. The minimum atomic E-state index is -0.729. The maximum Gasteiger partial charge on any atom is 0.279 e. The summed E-state index contributed by atoms with van der Waals surface area (Å²) in [7, 11) is 0. The fourth-order valence-corrected chi connectivity index (χ4v) is 4.56. The molecule has 1 saturated carbocycles. The molecule has 3 N–H and O–H groups in total. The third-order valence-electron chi connectivity index (χ3n) is 5.48. The fraction of sp³-hybridized carbons (Fsp3) is 0.435. The summed E-state index contributed by atoms with van der Waals surface area (Å²) in [6.07, 6.45) is 4.92. The number of thiophene rings is 1. The van der Waals surface area contributed by atoms with E-state index >= 15 is 0 Å². The Morgan fingerprint density at radius 3 is 2.29 bits per heavy atom. The molecule has 0 saturated heterocycles. The number of carbonyl (C=O) groups excluding carboxylic acids is 3. The van der Waals surface area contributed by atoms with Crippen molar-refractivity contribution in [3.05, 3.63) is 47.1 Å². The van der Waals surface area contributed by atoms with E-state index in [1.165, 1.54) is 23.5 Å². The van der Waals surface area contributed by atoms with Crippen molar-refractivity contribution < 1.29 is 18.8 Å². The molecule has 166 valence electrons. The summed E-state index contributed by atoms with van der Waals surface area (Å²) >= 11 is 1.24. The third-order valence-corrected chi connectivity index (χ3v) is 6.61. The molecule has 1 atom stereocenters. The molecule has 1 heterocycles. The lowest BCUT2D eigenvalue weighted by Gasteiger charge is -2.26. The zero-order valence-corrected chi connectivity index (χ0v) is 18.6. The number of nitrogens with one attached hydrogen (secondary N) is 3. The first-order valence-electron chi connectivity index (χ1n) is 10.6. The van der Waals surface area contributed by atoms with Crippen LogP contribution in [0.4, 0.5) is 4.39 Å². The van der Waals surface area contributed by atoms with Crippen LogP contribution in [0.5, 0.6) is 0 Å². The van der Waals surface area contributed by atoms with E-state index in [9.17, 15) is 18.8 Å². The van der Waals surface area contributed by atoms with E-state index in [0.29, 0.717) is 4.88 Å². The van der Waals surface area contributed by atoms with Crippen LogP contribution in [0.2, 0.25) is 0 Å². The lowest BCUT2D eigenvalue weighted by molar-refractivity contribution is -0.133. The molecule has 8 heteroatoms. The van der Waals surface area contributed by atoms with Gasteiger partial charge in [0.1, 0.15) is 11.9 Å². The van der Waals surface area contributed by atoms with E-state index < -0.39 is 17.9 Å². The normalized spacial score (nSPS) is 15.4. The number of rotatable bonds is 6. The Morgan fingerprint density at radius 1 is 0.968 bits per heavy atom. The topological polar surface area (TPSA) is 87.3 Å². The highest BCUT2D eigenvalue weighted by molar-refractivity contribution is 7.17. The van der Waals surface area contributed by atoms with Crippen molar-refractivity contribution in [3.8, 4) is 10.4 Å². The number of carbonyl (C=O) groups is 3. The average molecular weight is 446 g/mol. The molecule has 1 aromatic heterocycles. The Balaban J connectivity index is 1.56. The number of benzene rings is 1. The summed E-state index contributed by atoms with van der Waals surface area (Å²) in [4.78, 5) is 38.8. The monoisotopic (exact) mass is 445 g/mol. The van der Waals surface area contributed by atoms with E-state index in [1.54, 1.807) is 24.3 Å². The number of hydrogen-bond acceptors (Lipinski definition) is 4. The minimum Gasteiger partial charge on any atom is -0.344 e. The van der Waals surface area contributed by atoms with Gasteiger partial charge in [0.15, 0.2) is 0 Å². The zero-order chi connectivity index (χ0) is 22.4. The summed E-state index contributed by atoms with van der Waals surface area (Å²) in [6, 6.07) is 8.71. The second kappa shape index (κ2) is 10.5. The van der Waals surface area contributed by atoms with Gasteiger partial charge in [-0.2, -0.15) is 0 Å². The minimum absolute atomic E-state index is 0.0478. The number of hydrogen-bond donors (Lipinski definition) is 3. The Hall–Kier alpha value is -2.74. The van der Waals surface area contributed by atoms with Gasteiger partial charge in [-0.15, -0.1) is 11.3 Å². The van der Waals surface area contributed by atoms with Gasteiger partial charge in [0.25, 0.3) is 11.8 Å². The predicted molar refractivity (Wildman–Crippen MR) is 119 cm³/mol. The van der Waals surface area contributed by atoms with Crippen molar-refractivity contribution in [2.45, 2.75) is 52.0 Å². The lowest BCUT2D eigenvalue weighted by Crippen LogP contribution is -2.55. The Kier molecular flexibility index (Phi) is 7.79. The van der Waals surface area contributed by atoms with Crippen molar-refractivity contribution >= 4 is 29.1 Å². The van der Waals surface area contributed by atoms with Crippen LogP contribution in [-0.2, 0) is 9.59 Å². The van der Waals surface area contributed by atoms with Gasteiger partial charge in [0.2, 0.25) is 5.91 Å². The van der Waals surface area contributed by atoms with Crippen molar-refractivity contribution in [2.75, 3.05) is 0 Å². The number of amides is 3. The maximum absolute atomic E-state index is 13.1. The van der Waals surface area contributed by atoms with Gasteiger partial charge in [0.05, 0.1) is 4.88 Å². The van der Waals surface area contributed by atoms with Gasteiger partial charge >= 0.3 is 0 Å². The molecule has 3 amide bonds. The van der Waals surface area contributed by atoms with Crippen molar-refractivity contribution in [3.63, 3.8) is 0 Å². The standard InChI is InChI=1S/C23H28FN3O3S/c1-14(2)20(25-21(28)16-6-4-3-5-7-16)23(30)27-26-22(29)19-13-12-18(31-19)15-8-10-17(24)11-9-15/h8-14,16,20H,3-7H2,1-2H3,(H,25,28)(H,26,29)(H,27,30). The molecule has 1 aromatic carbocycles. The van der Waals surface area contributed by atoms with Gasteiger partial charge in [-0.05, 0) is 48.6 Å². The molecule has 1 aliphatic carbocycles. The SMILES string of the molecule is CC(C)C(NC(=O)C1CCCCC1)C(=O)NNC(=O)c1ccc(-c2ccc(F)cc2)s1. The summed E-state index contributed by atoms with van der Waals surface area (Å²) < 4.78 is 13.1. The van der Waals surface area contributed by atoms with Crippen LogP contribution >= 0.6 is 11.3 Å². The van der Waals surface area contributed by atoms with E-state index in [4.69, 9.17) is 0 Å². The van der Waals surface area contributed by atoms with E-state index in [0.717, 1.165) is 42.5 Å². The van der Waals surface area contributed by atoms with Crippen molar-refractivity contribution in [1.29, 1.82) is 0 Å². The van der Waals surface area contributed by atoms with Crippen LogP contribution in [0.3, 0.4) is 0 Å². The van der Waals surface area contributed by atoms with Gasteiger partial charge in [-0.25, -0.2) is 4.39 Å². The summed E-state index contributed by atoms with van der Waals surface area (Å²) in [5.74, 6) is -1.50. The largest absolute Gasteiger partial charge is 0.344 e. The van der Waals surface area contributed by atoms with Crippen LogP contribution in [0.25, 0.3) is 10.4 Å². The first kappa shape index (κ1) is 22.9. The first-order chi connectivity index (χ1) is 14.8. The van der Waals surface area contributed by atoms with Gasteiger partial charge in [-0.1, -0.05) is 45.2 Å². The quantitative estimate of drug-likeness (QED) is 0.587. The van der Waals surface area contributed by atoms with E-state index in [2.05, 4.69) is 16.2 Å². The molecule has 6 nitrogen and oxygen atoms in total.